The second kappa shape index (κ2) is 10.5. The summed E-state index contributed by atoms with van der Waals surface area (Å²) in [5, 5.41) is 57.1. The molecular weight excluding hydrogens is 376 g/mol. The van der Waals surface area contributed by atoms with Gasteiger partial charge in [0.05, 0.1) is 13.2 Å². The summed E-state index contributed by atoms with van der Waals surface area (Å²) in [6.45, 7) is -1.57. The van der Waals surface area contributed by atoms with Crippen molar-refractivity contribution < 1.29 is 49.6 Å². The maximum atomic E-state index is 11.8. The quantitative estimate of drug-likeness (QED) is 0.215. The van der Waals surface area contributed by atoms with Crippen LogP contribution in [0.25, 0.3) is 6.08 Å². The van der Waals surface area contributed by atoms with Crippen molar-refractivity contribution in [2.24, 2.45) is 0 Å². The molecule has 156 valence electrons. The van der Waals surface area contributed by atoms with Crippen LogP contribution in [0.2, 0.25) is 0 Å². The van der Waals surface area contributed by atoms with Crippen LogP contribution >= 0.6 is 0 Å². The molecule has 0 spiro atoms. The average Bonchev–Trinajstić information content (AvgIpc) is 2.70. The van der Waals surface area contributed by atoms with Gasteiger partial charge in [-0.25, -0.2) is 4.79 Å². The third kappa shape index (κ3) is 5.97. The summed E-state index contributed by atoms with van der Waals surface area (Å²) < 4.78 is 15.4. The monoisotopic (exact) mass is 400 g/mol. The van der Waals surface area contributed by atoms with E-state index in [-0.39, 0.29) is 12.4 Å². The van der Waals surface area contributed by atoms with Gasteiger partial charge in [-0.1, -0.05) is 12.1 Å². The number of ether oxygens (including phenoxy) is 3. The van der Waals surface area contributed by atoms with Crippen LogP contribution in [0.1, 0.15) is 5.56 Å². The number of esters is 1. The van der Waals surface area contributed by atoms with Gasteiger partial charge in [0.15, 0.2) is 6.29 Å². The highest BCUT2D eigenvalue weighted by atomic mass is 16.7. The number of carbonyl (C=O) groups excluding carboxylic acids is 1. The maximum Gasteiger partial charge on any atom is 0.330 e. The molecule has 0 bridgehead atoms. The number of phenols is 1. The Bertz CT molecular complexity index is 644. The van der Waals surface area contributed by atoms with Crippen molar-refractivity contribution in [3.8, 4) is 5.75 Å². The molecule has 0 aromatic heterocycles. The molecule has 6 N–H and O–H groups in total. The lowest BCUT2D eigenvalue weighted by molar-refractivity contribution is -0.315. The fourth-order valence-electron chi connectivity index (χ4n) is 2.48. The Labute approximate surface area is 160 Å². The second-order valence-electron chi connectivity index (χ2n) is 6.19. The highest BCUT2D eigenvalue weighted by molar-refractivity contribution is 5.87. The first-order valence-corrected chi connectivity index (χ1v) is 8.56. The zero-order chi connectivity index (χ0) is 20.7. The Balaban J connectivity index is 1.86. The smallest absolute Gasteiger partial charge is 0.330 e. The summed E-state index contributed by atoms with van der Waals surface area (Å²) in [5.41, 5.74) is 0.658. The van der Waals surface area contributed by atoms with Crippen LogP contribution in [0.3, 0.4) is 0 Å². The first-order chi connectivity index (χ1) is 13.3. The highest BCUT2D eigenvalue weighted by Gasteiger charge is 2.44. The van der Waals surface area contributed by atoms with Gasteiger partial charge in [0, 0.05) is 6.08 Å². The van der Waals surface area contributed by atoms with Gasteiger partial charge in [-0.15, -0.1) is 0 Å². The first-order valence-electron chi connectivity index (χ1n) is 8.56. The predicted octanol–water partition coefficient (Wildman–Crippen LogP) is -1.87. The van der Waals surface area contributed by atoms with Crippen molar-refractivity contribution >= 4 is 12.0 Å². The van der Waals surface area contributed by atoms with Crippen LogP contribution in [0.5, 0.6) is 5.75 Å². The molecular formula is C18H24O10. The van der Waals surface area contributed by atoms with E-state index in [1.165, 1.54) is 18.2 Å². The maximum absolute atomic E-state index is 11.8. The lowest BCUT2D eigenvalue weighted by Gasteiger charge is -2.40. The normalized spacial score (nSPS) is 29.0. The number of hydrogen-bond donors (Lipinski definition) is 6. The van der Waals surface area contributed by atoms with Crippen LogP contribution in [0.4, 0.5) is 0 Å². The topological polar surface area (TPSA) is 166 Å². The average molecular weight is 400 g/mol. The van der Waals surface area contributed by atoms with Gasteiger partial charge in [0.1, 0.15) is 42.9 Å². The van der Waals surface area contributed by atoms with Crippen molar-refractivity contribution in [3.63, 3.8) is 0 Å². The van der Waals surface area contributed by atoms with Gasteiger partial charge in [-0.3, -0.25) is 0 Å². The molecule has 0 aliphatic carbocycles. The molecule has 1 saturated heterocycles. The standard InChI is InChI=1S/C18H24O10/c19-7-12(27-18-17(25)16(24)15(23)13(8-20)28-18)9-26-14(22)6-3-10-1-4-11(21)5-2-10/h1-6,12-13,15-21,23-25H,7-9H2/t12-,13+,15+,16-,17+,18+/m0/s1. The Kier molecular flexibility index (Phi) is 8.33. The SMILES string of the molecule is O=C(C=Cc1ccc(O)cc1)OC[C@H](CO)O[C@@H]1O[C@H](CO)[C@@H](O)[C@H](O)[C@H]1O. The van der Waals surface area contributed by atoms with Crippen LogP contribution in [-0.2, 0) is 19.0 Å². The number of aromatic hydroxyl groups is 1. The minimum atomic E-state index is -1.63. The fraction of sp³-hybridized carbons (Fsp3) is 0.500. The lowest BCUT2D eigenvalue weighted by atomic mass is 9.99. The summed E-state index contributed by atoms with van der Waals surface area (Å²) in [7, 11) is 0. The minimum Gasteiger partial charge on any atom is -0.508 e. The van der Waals surface area contributed by atoms with Crippen LogP contribution in [0.15, 0.2) is 30.3 Å². The summed E-state index contributed by atoms with van der Waals surface area (Å²) in [6.07, 6.45) is -5.84. The molecule has 10 heteroatoms. The molecule has 1 heterocycles. The van der Waals surface area contributed by atoms with E-state index in [0.717, 1.165) is 6.08 Å². The van der Waals surface area contributed by atoms with Gasteiger partial charge >= 0.3 is 5.97 Å². The minimum absolute atomic E-state index is 0.0934. The van der Waals surface area contributed by atoms with Gasteiger partial charge in [-0.2, -0.15) is 0 Å². The van der Waals surface area contributed by atoms with Crippen molar-refractivity contribution in [2.45, 2.75) is 36.8 Å². The second-order valence-corrected chi connectivity index (χ2v) is 6.19. The molecule has 1 fully saturated rings. The Hall–Kier alpha value is -2.05. The highest BCUT2D eigenvalue weighted by Crippen LogP contribution is 2.23. The van der Waals surface area contributed by atoms with Gasteiger partial charge < -0.3 is 44.8 Å². The summed E-state index contributed by atoms with van der Waals surface area (Å²) in [6, 6.07) is 6.11. The van der Waals surface area contributed by atoms with Crippen LogP contribution < -0.4 is 0 Å². The van der Waals surface area contributed by atoms with Crippen molar-refractivity contribution in [1.29, 1.82) is 0 Å². The molecule has 6 atom stereocenters. The van der Waals surface area contributed by atoms with Crippen molar-refractivity contribution in [1.82, 2.24) is 0 Å². The third-order valence-corrected chi connectivity index (χ3v) is 4.10. The van der Waals surface area contributed by atoms with Crippen molar-refractivity contribution in [2.75, 3.05) is 19.8 Å². The molecule has 1 aromatic rings. The zero-order valence-corrected chi connectivity index (χ0v) is 14.9. The first kappa shape index (κ1) is 22.2. The summed E-state index contributed by atoms with van der Waals surface area (Å²) in [5.74, 6) is -0.625. The largest absolute Gasteiger partial charge is 0.508 e. The van der Waals surface area contributed by atoms with E-state index in [2.05, 4.69) is 0 Å². The van der Waals surface area contributed by atoms with Crippen molar-refractivity contribution in [3.05, 3.63) is 35.9 Å². The number of hydrogen-bond acceptors (Lipinski definition) is 10. The van der Waals surface area contributed by atoms with E-state index in [1.54, 1.807) is 12.1 Å². The molecule has 1 aliphatic rings. The predicted molar refractivity (Wildman–Crippen MR) is 93.8 cm³/mol. The molecule has 10 nitrogen and oxygen atoms in total. The Morgan fingerprint density at radius 3 is 2.39 bits per heavy atom. The molecule has 2 rings (SSSR count). The number of aliphatic hydroxyl groups excluding tert-OH is 5. The number of phenolic OH excluding ortho intramolecular Hbond substituents is 1. The Morgan fingerprint density at radius 2 is 1.79 bits per heavy atom. The number of rotatable bonds is 8. The van der Waals surface area contributed by atoms with E-state index in [9.17, 15) is 30.3 Å². The van der Waals surface area contributed by atoms with Crippen LogP contribution in [-0.4, -0.2) is 93.2 Å². The third-order valence-electron chi connectivity index (χ3n) is 4.10. The number of benzene rings is 1. The number of aliphatic hydroxyl groups is 5. The summed E-state index contributed by atoms with van der Waals surface area (Å²) >= 11 is 0. The summed E-state index contributed by atoms with van der Waals surface area (Å²) in [4.78, 5) is 11.8. The van der Waals surface area contributed by atoms with E-state index in [0.29, 0.717) is 5.56 Å². The van der Waals surface area contributed by atoms with E-state index < -0.39 is 56.0 Å². The van der Waals surface area contributed by atoms with E-state index >= 15 is 0 Å². The van der Waals surface area contributed by atoms with Gasteiger partial charge in [-0.05, 0) is 23.8 Å². The lowest BCUT2D eigenvalue weighted by Crippen LogP contribution is -2.60. The fourth-order valence-corrected chi connectivity index (χ4v) is 2.48. The number of carbonyl (C=O) groups is 1. The molecule has 1 aliphatic heterocycles. The van der Waals surface area contributed by atoms with E-state index in [4.69, 9.17) is 19.3 Å². The molecule has 1 aromatic carbocycles. The van der Waals surface area contributed by atoms with Gasteiger partial charge in [0.2, 0.25) is 0 Å². The molecule has 0 saturated carbocycles. The molecule has 0 amide bonds. The molecule has 28 heavy (non-hydrogen) atoms. The Morgan fingerprint density at radius 1 is 1.11 bits per heavy atom. The van der Waals surface area contributed by atoms with E-state index in [1.807, 2.05) is 0 Å². The van der Waals surface area contributed by atoms with Gasteiger partial charge in [0.25, 0.3) is 0 Å². The zero-order valence-electron chi connectivity index (χ0n) is 14.9. The molecule has 0 unspecified atom stereocenters. The van der Waals surface area contributed by atoms with Crippen LogP contribution in [0, 0.1) is 0 Å². The molecule has 0 radical (unpaired) electrons.